The van der Waals surface area contributed by atoms with E-state index < -0.39 is 5.60 Å². The first-order valence-electron chi connectivity index (χ1n) is 4.50. The highest BCUT2D eigenvalue weighted by Crippen LogP contribution is 2.33. The van der Waals surface area contributed by atoms with Gasteiger partial charge in [-0.15, -0.1) is 0 Å². The van der Waals surface area contributed by atoms with Crippen LogP contribution in [0.5, 0.6) is 0 Å². The molecule has 0 atom stereocenters. The van der Waals surface area contributed by atoms with Crippen LogP contribution in [0.2, 0.25) is 6.82 Å². The van der Waals surface area contributed by atoms with Crippen molar-refractivity contribution in [3.05, 3.63) is 11.2 Å². The molecule has 0 aromatic heterocycles. The first kappa shape index (κ1) is 8.54. The molecule has 0 aromatic rings. The fourth-order valence-corrected chi connectivity index (χ4v) is 1.80. The highest BCUT2D eigenvalue weighted by Gasteiger charge is 2.39. The Bertz CT molecular complexity index is 331. The van der Waals surface area contributed by atoms with E-state index >= 15 is 0 Å². The quantitative estimate of drug-likeness (QED) is 0.412. The van der Waals surface area contributed by atoms with Crippen LogP contribution < -0.4 is 0 Å². The maximum absolute atomic E-state index is 11.5. The van der Waals surface area contributed by atoms with E-state index in [4.69, 9.17) is 4.74 Å². The van der Waals surface area contributed by atoms with Gasteiger partial charge in [-0.3, -0.25) is 4.99 Å². The van der Waals surface area contributed by atoms with Crippen LogP contribution in [0.25, 0.3) is 0 Å². The van der Waals surface area contributed by atoms with Gasteiger partial charge in [0.1, 0.15) is 5.60 Å². The second kappa shape index (κ2) is 2.47. The van der Waals surface area contributed by atoms with Crippen LogP contribution in [0.15, 0.2) is 16.2 Å². The maximum Gasteiger partial charge on any atom is 0.327 e. The van der Waals surface area contributed by atoms with Gasteiger partial charge in [-0.25, -0.2) is 4.79 Å². The normalized spacial score (nSPS) is 24.8. The van der Waals surface area contributed by atoms with Gasteiger partial charge in [-0.1, -0.05) is 6.82 Å². The number of hydrogen-bond donors (Lipinski definition) is 0. The van der Waals surface area contributed by atoms with Crippen molar-refractivity contribution in [2.24, 2.45) is 4.99 Å². The van der Waals surface area contributed by atoms with Gasteiger partial charge in [0.2, 0.25) is 6.71 Å². The van der Waals surface area contributed by atoms with Crippen molar-refractivity contribution in [3.63, 3.8) is 0 Å². The zero-order valence-corrected chi connectivity index (χ0v) is 8.13. The number of nitrogens with zero attached hydrogens (tertiary/aromatic N) is 1. The zero-order valence-electron chi connectivity index (χ0n) is 8.13. The Kier molecular flexibility index (Phi) is 1.62. The Morgan fingerprint density at radius 2 is 2.31 bits per heavy atom. The molecule has 13 heavy (non-hydrogen) atoms. The molecule has 0 radical (unpaired) electrons. The molecule has 0 bridgehead atoms. The van der Waals surface area contributed by atoms with E-state index in [1.807, 2.05) is 26.8 Å². The van der Waals surface area contributed by atoms with Crippen molar-refractivity contribution in [2.45, 2.75) is 32.7 Å². The van der Waals surface area contributed by atoms with Gasteiger partial charge in [0.15, 0.2) is 0 Å². The number of carbonyl (C=O) groups excluding carboxylic acids is 1. The molecular formula is C9H12BNO2. The van der Waals surface area contributed by atoms with Crippen LogP contribution in [0.1, 0.15) is 20.3 Å². The molecule has 0 unspecified atom stereocenters. The number of aliphatic imine (C=N–C) groups is 1. The molecule has 2 rings (SSSR count). The minimum atomic E-state index is -0.392. The molecule has 0 aromatic carbocycles. The Hall–Kier alpha value is -1.06. The van der Waals surface area contributed by atoms with Crippen LogP contribution in [-0.4, -0.2) is 24.4 Å². The van der Waals surface area contributed by atoms with Gasteiger partial charge in [0.25, 0.3) is 0 Å². The van der Waals surface area contributed by atoms with Crippen LogP contribution in [-0.2, 0) is 9.53 Å². The summed E-state index contributed by atoms with van der Waals surface area (Å²) in [4.78, 5) is 15.8. The molecule has 0 aliphatic carbocycles. The molecule has 0 spiro atoms. The smallest absolute Gasteiger partial charge is 0.327 e. The first-order valence-corrected chi connectivity index (χ1v) is 4.50. The average Bonchev–Trinajstić information content (AvgIpc) is 2.28. The van der Waals surface area contributed by atoms with Gasteiger partial charge in [0.05, 0.1) is 0 Å². The Morgan fingerprint density at radius 1 is 1.62 bits per heavy atom. The predicted molar refractivity (Wildman–Crippen MR) is 51.9 cm³/mol. The summed E-state index contributed by atoms with van der Waals surface area (Å²) in [5.41, 5.74) is 1.27. The number of carbonyl (C=O) groups is 1. The van der Waals surface area contributed by atoms with E-state index in [1.54, 1.807) is 0 Å². The van der Waals surface area contributed by atoms with Gasteiger partial charge in [-0.2, -0.15) is 0 Å². The molecule has 0 N–H and O–H groups in total. The minimum Gasteiger partial charge on any atom is -0.456 e. The van der Waals surface area contributed by atoms with Crippen molar-refractivity contribution >= 4 is 18.8 Å². The van der Waals surface area contributed by atoms with Gasteiger partial charge in [-0.05, 0) is 20.0 Å². The van der Waals surface area contributed by atoms with Gasteiger partial charge in [0, 0.05) is 17.6 Å². The van der Waals surface area contributed by atoms with Crippen LogP contribution in [0.3, 0.4) is 0 Å². The number of hydrogen-bond acceptors (Lipinski definition) is 3. The van der Waals surface area contributed by atoms with Crippen molar-refractivity contribution in [2.75, 3.05) is 0 Å². The highest BCUT2D eigenvalue weighted by atomic mass is 16.6. The number of esters is 1. The number of cyclic esters (lactones) is 1. The summed E-state index contributed by atoms with van der Waals surface area (Å²) < 4.78 is 5.28. The van der Waals surface area contributed by atoms with Crippen molar-refractivity contribution in [3.8, 4) is 0 Å². The molecule has 0 amide bonds. The fourth-order valence-electron chi connectivity index (χ4n) is 1.80. The highest BCUT2D eigenvalue weighted by molar-refractivity contribution is 6.94. The SMILES string of the molecule is CB1C=NC2=C1C(=O)OC(C)(C)C2. The zero-order chi connectivity index (χ0) is 9.64. The Balaban J connectivity index is 2.39. The lowest BCUT2D eigenvalue weighted by molar-refractivity contribution is -0.152. The van der Waals surface area contributed by atoms with Crippen LogP contribution in [0, 0.1) is 0 Å². The first-order chi connectivity index (χ1) is 5.99. The number of ether oxygens (including phenoxy) is 1. The van der Waals surface area contributed by atoms with Crippen molar-refractivity contribution in [1.82, 2.24) is 0 Å². The molecule has 0 fully saturated rings. The van der Waals surface area contributed by atoms with Crippen LogP contribution in [0.4, 0.5) is 0 Å². The summed E-state index contributed by atoms with van der Waals surface area (Å²) in [6.07, 6.45) is 2.54. The second-order valence-corrected chi connectivity index (χ2v) is 4.25. The van der Waals surface area contributed by atoms with Gasteiger partial charge >= 0.3 is 5.97 Å². The summed E-state index contributed by atoms with van der Waals surface area (Å²) in [6.45, 7) is 5.91. The Labute approximate surface area is 78.0 Å². The molecular weight excluding hydrogens is 165 g/mol. The lowest BCUT2D eigenvalue weighted by Crippen LogP contribution is -2.36. The van der Waals surface area contributed by atoms with Crippen molar-refractivity contribution in [1.29, 1.82) is 0 Å². The monoisotopic (exact) mass is 177 g/mol. The Morgan fingerprint density at radius 3 is 3.00 bits per heavy atom. The molecule has 68 valence electrons. The third-order valence-electron chi connectivity index (χ3n) is 2.40. The average molecular weight is 177 g/mol. The van der Waals surface area contributed by atoms with E-state index in [1.165, 1.54) is 0 Å². The maximum atomic E-state index is 11.5. The summed E-state index contributed by atoms with van der Waals surface area (Å²) in [6, 6.07) is 0. The van der Waals surface area contributed by atoms with Crippen molar-refractivity contribution < 1.29 is 9.53 Å². The largest absolute Gasteiger partial charge is 0.456 e. The minimum absolute atomic E-state index is 0.124. The summed E-state index contributed by atoms with van der Waals surface area (Å²) in [7, 11) is 0. The fraction of sp³-hybridized carbons (Fsp3) is 0.556. The summed E-state index contributed by atoms with van der Waals surface area (Å²) in [5, 5.41) is 0. The van der Waals surface area contributed by atoms with Gasteiger partial charge < -0.3 is 4.74 Å². The lowest BCUT2D eigenvalue weighted by atomic mass is 9.48. The van der Waals surface area contributed by atoms with E-state index in [9.17, 15) is 4.79 Å². The lowest BCUT2D eigenvalue weighted by Gasteiger charge is -2.30. The summed E-state index contributed by atoms with van der Waals surface area (Å²) in [5.74, 6) is -0.198. The van der Waals surface area contributed by atoms with Crippen LogP contribution >= 0.6 is 0 Å². The molecule has 2 heterocycles. The van der Waals surface area contributed by atoms with E-state index in [0.29, 0.717) is 0 Å². The topological polar surface area (TPSA) is 38.7 Å². The molecule has 0 saturated carbocycles. The third-order valence-corrected chi connectivity index (χ3v) is 2.40. The van der Waals surface area contributed by atoms with E-state index in [0.717, 1.165) is 17.6 Å². The van der Waals surface area contributed by atoms with E-state index in [-0.39, 0.29) is 12.7 Å². The standard InChI is InChI=1S/C9H12BNO2/c1-9(2)4-6-7(8(12)13-9)10(3)5-11-6/h5H,4H2,1-3H3. The molecule has 0 saturated heterocycles. The summed E-state index contributed by atoms with van der Waals surface area (Å²) >= 11 is 0. The molecule has 2 aliphatic rings. The van der Waals surface area contributed by atoms with E-state index in [2.05, 4.69) is 4.99 Å². The molecule has 2 aliphatic heterocycles. The number of rotatable bonds is 0. The molecule has 3 nitrogen and oxygen atoms in total. The third kappa shape index (κ3) is 1.30. The molecule has 4 heteroatoms. The second-order valence-electron chi connectivity index (χ2n) is 4.25. The predicted octanol–water partition coefficient (Wildman–Crippen LogP) is 1.25.